The van der Waals surface area contributed by atoms with Crippen LogP contribution in [0.15, 0.2) is 24.4 Å². The number of aromatic nitrogens is 4. The molecule has 0 aliphatic carbocycles. The van der Waals surface area contributed by atoms with Crippen LogP contribution in [-0.4, -0.2) is 38.1 Å². The van der Waals surface area contributed by atoms with Gasteiger partial charge in [0.05, 0.1) is 19.9 Å². The quantitative estimate of drug-likeness (QED) is 0.662. The van der Waals surface area contributed by atoms with E-state index in [0.717, 1.165) is 11.1 Å². The van der Waals surface area contributed by atoms with Crippen LogP contribution in [0.4, 0.5) is 4.79 Å². The summed E-state index contributed by atoms with van der Waals surface area (Å²) in [5.74, 6) is 0.636. The second kappa shape index (κ2) is 6.81. The fourth-order valence-corrected chi connectivity index (χ4v) is 2.58. The van der Waals surface area contributed by atoms with E-state index >= 15 is 0 Å². The molecule has 25 heavy (non-hydrogen) atoms. The maximum Gasteiger partial charge on any atom is 0.412 e. The number of alkyl halides is 1. The molecule has 130 valence electrons. The van der Waals surface area contributed by atoms with Crippen LogP contribution in [0.1, 0.15) is 11.1 Å². The van der Waals surface area contributed by atoms with Crippen molar-refractivity contribution in [1.29, 1.82) is 0 Å². The van der Waals surface area contributed by atoms with Crippen molar-refractivity contribution in [3.05, 3.63) is 35.5 Å². The third-order valence-electron chi connectivity index (χ3n) is 3.46. The van der Waals surface area contributed by atoms with Gasteiger partial charge in [0.1, 0.15) is 16.8 Å². The number of ether oxygens (including phenoxy) is 2. The van der Waals surface area contributed by atoms with Crippen molar-refractivity contribution in [2.75, 3.05) is 7.11 Å². The van der Waals surface area contributed by atoms with Gasteiger partial charge in [-0.25, -0.2) is 4.79 Å². The number of fused-ring (bicyclic) bond motifs is 1. The average molecular weight is 364 g/mol. The Morgan fingerprint density at radius 3 is 2.88 bits per heavy atom. The van der Waals surface area contributed by atoms with E-state index in [1.54, 1.807) is 7.11 Å². The minimum Gasteiger partial charge on any atom is -0.496 e. The van der Waals surface area contributed by atoms with E-state index < -0.39 is 6.09 Å². The van der Waals surface area contributed by atoms with Gasteiger partial charge in [-0.3, -0.25) is 4.68 Å². The van der Waals surface area contributed by atoms with Crippen molar-refractivity contribution in [1.82, 2.24) is 19.7 Å². The smallest absolute Gasteiger partial charge is 0.412 e. The van der Waals surface area contributed by atoms with E-state index in [1.165, 1.54) is 10.9 Å². The molecule has 0 spiro atoms. The first kappa shape index (κ1) is 16.8. The molecule has 0 bridgehead atoms. The van der Waals surface area contributed by atoms with Crippen LogP contribution in [0.2, 0.25) is 0 Å². The Hall–Kier alpha value is -3.07. The number of nitrogens with two attached hydrogens (primary N) is 1. The van der Waals surface area contributed by atoms with Crippen LogP contribution in [0.3, 0.4) is 0 Å². The monoisotopic (exact) mass is 363 g/mol. The zero-order valence-electron chi connectivity index (χ0n) is 13.1. The number of carbonyl (C=O) groups is 1. The van der Waals surface area contributed by atoms with E-state index in [-0.39, 0.29) is 17.4 Å². The van der Waals surface area contributed by atoms with Gasteiger partial charge in [-0.2, -0.15) is 15.1 Å². The van der Waals surface area contributed by atoms with E-state index in [9.17, 15) is 9.90 Å². The predicted molar refractivity (Wildman–Crippen MR) is 88.9 cm³/mol. The van der Waals surface area contributed by atoms with E-state index in [2.05, 4.69) is 19.8 Å². The molecule has 0 radical (unpaired) electrons. The molecule has 3 N–H and O–H groups in total. The first-order valence-electron chi connectivity index (χ1n) is 7.13. The Bertz CT molecular complexity index is 943. The van der Waals surface area contributed by atoms with Gasteiger partial charge in [-0.1, -0.05) is 6.07 Å². The highest BCUT2D eigenvalue weighted by molar-refractivity contribution is 6.17. The number of amides is 1. The molecular formula is C15H14ClN5O4. The number of carbonyl (C=O) groups excluding carboxylic acids is 1. The normalized spacial score (nSPS) is 10.8. The van der Waals surface area contributed by atoms with Crippen molar-refractivity contribution < 1.29 is 19.4 Å². The van der Waals surface area contributed by atoms with Gasteiger partial charge in [0.25, 0.3) is 0 Å². The van der Waals surface area contributed by atoms with Crippen molar-refractivity contribution in [3.63, 3.8) is 0 Å². The second-order valence-corrected chi connectivity index (χ2v) is 5.33. The molecule has 3 aromatic rings. The molecule has 3 rings (SSSR count). The van der Waals surface area contributed by atoms with Crippen molar-refractivity contribution in [2.24, 2.45) is 5.73 Å². The number of nitrogens with zero attached hydrogens (tertiary/aromatic N) is 4. The van der Waals surface area contributed by atoms with Crippen molar-refractivity contribution >= 4 is 28.7 Å². The second-order valence-electron chi connectivity index (χ2n) is 5.07. The fourth-order valence-electron chi connectivity index (χ4n) is 2.41. The molecule has 0 unspecified atom stereocenters. The lowest BCUT2D eigenvalue weighted by atomic mass is 10.1. The van der Waals surface area contributed by atoms with Gasteiger partial charge in [-0.15, -0.1) is 11.6 Å². The van der Waals surface area contributed by atoms with Gasteiger partial charge in [0, 0.05) is 11.4 Å². The van der Waals surface area contributed by atoms with Crippen LogP contribution in [0, 0.1) is 0 Å². The third kappa shape index (κ3) is 3.41. The largest absolute Gasteiger partial charge is 0.496 e. The van der Waals surface area contributed by atoms with Gasteiger partial charge in [-0.05, 0) is 17.7 Å². The Kier molecular flexibility index (Phi) is 4.57. The van der Waals surface area contributed by atoms with Gasteiger partial charge in [0.15, 0.2) is 0 Å². The maximum absolute atomic E-state index is 10.8. The SMILES string of the molecule is COc1ccc(CCl)cc1Cn1ncc2nc(OC(N)=O)nc(O)c21. The van der Waals surface area contributed by atoms with Gasteiger partial charge >= 0.3 is 12.1 Å². The number of methoxy groups -OCH3 is 1. The van der Waals surface area contributed by atoms with E-state index in [1.807, 2.05) is 18.2 Å². The topological polar surface area (TPSA) is 125 Å². The molecular weight excluding hydrogens is 350 g/mol. The average Bonchev–Trinajstić information content (AvgIpc) is 2.97. The van der Waals surface area contributed by atoms with Crippen LogP contribution in [0.25, 0.3) is 11.0 Å². The molecule has 1 amide bonds. The summed E-state index contributed by atoms with van der Waals surface area (Å²) in [7, 11) is 1.56. The lowest BCUT2D eigenvalue weighted by Gasteiger charge is -2.11. The Morgan fingerprint density at radius 2 is 2.20 bits per heavy atom. The van der Waals surface area contributed by atoms with E-state index in [0.29, 0.717) is 23.7 Å². The molecule has 10 heteroatoms. The number of hydrogen-bond donors (Lipinski definition) is 2. The summed E-state index contributed by atoms with van der Waals surface area (Å²) < 4.78 is 11.4. The zero-order chi connectivity index (χ0) is 18.0. The highest BCUT2D eigenvalue weighted by Gasteiger charge is 2.16. The molecule has 0 saturated heterocycles. The molecule has 2 heterocycles. The number of benzene rings is 1. The number of halogens is 1. The Balaban J connectivity index is 2.01. The minimum absolute atomic E-state index is 0.287. The molecule has 0 saturated carbocycles. The summed E-state index contributed by atoms with van der Waals surface area (Å²) in [6, 6.07) is 5.22. The summed E-state index contributed by atoms with van der Waals surface area (Å²) in [5, 5.41) is 14.3. The minimum atomic E-state index is -1.08. The van der Waals surface area contributed by atoms with Gasteiger partial charge in [0.2, 0.25) is 5.88 Å². The summed E-state index contributed by atoms with van der Waals surface area (Å²) in [6.45, 7) is 0.296. The number of hydrogen-bond acceptors (Lipinski definition) is 7. The zero-order valence-corrected chi connectivity index (χ0v) is 13.9. The van der Waals surface area contributed by atoms with Crippen LogP contribution in [-0.2, 0) is 12.4 Å². The first-order valence-corrected chi connectivity index (χ1v) is 7.67. The summed E-state index contributed by atoms with van der Waals surface area (Å²) >= 11 is 5.88. The molecule has 0 aliphatic rings. The van der Waals surface area contributed by atoms with Crippen LogP contribution < -0.4 is 15.2 Å². The third-order valence-corrected chi connectivity index (χ3v) is 3.77. The fraction of sp³-hybridized carbons (Fsp3) is 0.200. The highest BCUT2D eigenvalue weighted by Crippen LogP contribution is 2.27. The lowest BCUT2D eigenvalue weighted by Crippen LogP contribution is -2.17. The lowest BCUT2D eigenvalue weighted by molar-refractivity contribution is 0.206. The molecule has 0 atom stereocenters. The molecule has 0 aliphatic heterocycles. The number of rotatable bonds is 5. The summed E-state index contributed by atoms with van der Waals surface area (Å²) in [5.41, 5.74) is 7.25. The molecule has 9 nitrogen and oxygen atoms in total. The van der Waals surface area contributed by atoms with Crippen LogP contribution in [0.5, 0.6) is 17.6 Å². The number of primary amides is 1. The summed E-state index contributed by atoms with van der Waals surface area (Å²) in [4.78, 5) is 18.5. The van der Waals surface area contributed by atoms with Crippen molar-refractivity contribution in [2.45, 2.75) is 12.4 Å². The van der Waals surface area contributed by atoms with Crippen LogP contribution >= 0.6 is 11.6 Å². The standard InChI is InChI=1S/C15H14ClN5O4/c1-24-11-3-2-8(5-16)4-9(11)7-21-12-10(6-18-21)19-15(20-13(12)22)25-14(17)23/h2-4,6H,5,7H2,1H3,(H2,17,23)(H,19,20,22). The molecule has 2 aromatic heterocycles. The Morgan fingerprint density at radius 1 is 1.40 bits per heavy atom. The summed E-state index contributed by atoms with van der Waals surface area (Å²) in [6.07, 6.45) is 0.344. The Labute approximate surface area is 147 Å². The molecule has 1 aromatic carbocycles. The highest BCUT2D eigenvalue weighted by atomic mass is 35.5. The van der Waals surface area contributed by atoms with Gasteiger partial charge < -0.3 is 20.3 Å². The van der Waals surface area contributed by atoms with E-state index in [4.69, 9.17) is 22.1 Å². The predicted octanol–water partition coefficient (Wildman–Crippen LogP) is 1.79. The maximum atomic E-state index is 10.8. The molecule has 0 fully saturated rings. The van der Waals surface area contributed by atoms with Crippen molar-refractivity contribution in [3.8, 4) is 17.6 Å². The number of aromatic hydroxyl groups is 1. The first-order chi connectivity index (χ1) is 12.0.